The van der Waals surface area contributed by atoms with Gasteiger partial charge >= 0.3 is 0 Å². The number of amides is 3. The highest BCUT2D eigenvalue weighted by Gasteiger charge is 2.52. The van der Waals surface area contributed by atoms with Gasteiger partial charge in [0.1, 0.15) is 5.69 Å². The summed E-state index contributed by atoms with van der Waals surface area (Å²) in [5.41, 5.74) is 3.38. The molecule has 0 bridgehead atoms. The molecule has 2 atom stereocenters. The van der Waals surface area contributed by atoms with Crippen LogP contribution in [0.4, 0.5) is 11.4 Å². The lowest BCUT2D eigenvalue weighted by Crippen LogP contribution is -2.39. The highest BCUT2D eigenvalue weighted by atomic mass is 35.5. The van der Waals surface area contributed by atoms with Crippen molar-refractivity contribution >= 4 is 40.7 Å². The zero-order chi connectivity index (χ0) is 24.3. The van der Waals surface area contributed by atoms with Crippen molar-refractivity contribution in [1.82, 2.24) is 15.1 Å². The second kappa shape index (κ2) is 8.23. The molecule has 3 aromatic rings. The summed E-state index contributed by atoms with van der Waals surface area (Å²) in [6, 6.07) is 14.9. The van der Waals surface area contributed by atoms with Gasteiger partial charge in [-0.2, -0.15) is 5.10 Å². The van der Waals surface area contributed by atoms with Gasteiger partial charge in [0.25, 0.3) is 11.8 Å². The van der Waals surface area contributed by atoms with E-state index in [4.69, 9.17) is 11.6 Å². The molecular formula is C26H24ClN5O3. The average molecular weight is 490 g/mol. The van der Waals surface area contributed by atoms with Gasteiger partial charge < -0.3 is 15.1 Å². The maximum atomic E-state index is 13.9. The molecule has 1 saturated heterocycles. The van der Waals surface area contributed by atoms with Crippen molar-refractivity contribution in [2.75, 3.05) is 22.9 Å². The number of carbonyl (C=O) groups excluding carboxylic acids is 3. The zero-order valence-corrected chi connectivity index (χ0v) is 20.0. The Morgan fingerprint density at radius 2 is 1.89 bits per heavy atom. The summed E-state index contributed by atoms with van der Waals surface area (Å²) in [5, 5.41) is 7.85. The van der Waals surface area contributed by atoms with Gasteiger partial charge in [-0.3, -0.25) is 14.4 Å². The third-order valence-corrected chi connectivity index (χ3v) is 7.20. The Kier molecular flexibility index (Phi) is 5.14. The molecule has 9 heteroatoms. The second-order valence-corrected chi connectivity index (χ2v) is 9.62. The summed E-state index contributed by atoms with van der Waals surface area (Å²) in [7, 11) is 0. The SMILES string of the molecule is CCNC(=O)c1nn(-c2cccc(Cl)c2)c2c1CCN(c1cccc(N3C(=O)C[C@H]4C[C@H]43)c1)C2=O. The first-order chi connectivity index (χ1) is 17.0. The molecule has 1 aromatic heterocycles. The molecule has 0 unspecified atom stereocenters. The van der Waals surface area contributed by atoms with Crippen LogP contribution < -0.4 is 15.1 Å². The summed E-state index contributed by atoms with van der Waals surface area (Å²) < 4.78 is 1.52. The van der Waals surface area contributed by atoms with Crippen molar-refractivity contribution in [1.29, 1.82) is 0 Å². The van der Waals surface area contributed by atoms with Crippen LogP contribution in [0.2, 0.25) is 5.02 Å². The largest absolute Gasteiger partial charge is 0.351 e. The number of halogens is 1. The maximum Gasteiger partial charge on any atom is 0.277 e. The molecule has 1 N–H and O–H groups in total. The summed E-state index contributed by atoms with van der Waals surface area (Å²) in [6.45, 7) is 2.71. The number of rotatable bonds is 5. The smallest absolute Gasteiger partial charge is 0.277 e. The number of nitrogens with one attached hydrogen (secondary N) is 1. The number of fused-ring (bicyclic) bond motifs is 2. The first-order valence-electron chi connectivity index (χ1n) is 11.9. The number of hydrogen-bond donors (Lipinski definition) is 1. The first kappa shape index (κ1) is 21.9. The normalized spacial score (nSPS) is 20.6. The Balaban J connectivity index is 1.41. The second-order valence-electron chi connectivity index (χ2n) is 9.18. The monoisotopic (exact) mass is 489 g/mol. The number of anilines is 2. The molecule has 1 saturated carbocycles. The van der Waals surface area contributed by atoms with Crippen molar-refractivity contribution < 1.29 is 14.4 Å². The first-order valence-corrected chi connectivity index (χ1v) is 12.2. The molecular weight excluding hydrogens is 466 g/mol. The van der Waals surface area contributed by atoms with Crippen LogP contribution in [0.25, 0.3) is 5.69 Å². The van der Waals surface area contributed by atoms with Crippen LogP contribution in [-0.2, 0) is 11.2 Å². The molecule has 0 spiro atoms. The third kappa shape index (κ3) is 3.60. The predicted molar refractivity (Wildman–Crippen MR) is 132 cm³/mol. The van der Waals surface area contributed by atoms with E-state index in [0.29, 0.717) is 59.5 Å². The number of hydrogen-bond acceptors (Lipinski definition) is 4. The van der Waals surface area contributed by atoms with E-state index in [9.17, 15) is 14.4 Å². The number of benzene rings is 2. The van der Waals surface area contributed by atoms with Crippen LogP contribution in [0.3, 0.4) is 0 Å². The standard InChI is InChI=1S/C26H24ClN5O3/c1-2-28-25(34)23-20-9-10-30(26(35)24(20)32(29-23)19-8-3-5-16(27)13-19)17-6-4-7-18(14-17)31-21-11-15(21)12-22(31)33/h3-8,13-15,21H,2,9-12H2,1H3,(H,28,34)/t15-,21-/m1/s1. The average Bonchev–Trinajstić information content (AvgIpc) is 3.33. The van der Waals surface area contributed by atoms with E-state index in [0.717, 1.165) is 12.1 Å². The molecule has 2 aromatic carbocycles. The molecule has 35 heavy (non-hydrogen) atoms. The minimum Gasteiger partial charge on any atom is -0.351 e. The fourth-order valence-electron chi connectivity index (χ4n) is 5.25. The Morgan fingerprint density at radius 1 is 1.11 bits per heavy atom. The minimum absolute atomic E-state index is 0.140. The lowest BCUT2D eigenvalue weighted by molar-refractivity contribution is -0.117. The molecule has 2 aliphatic heterocycles. The fourth-order valence-corrected chi connectivity index (χ4v) is 5.43. The molecule has 8 nitrogen and oxygen atoms in total. The van der Waals surface area contributed by atoms with Gasteiger partial charge in [-0.1, -0.05) is 23.7 Å². The molecule has 3 heterocycles. The van der Waals surface area contributed by atoms with E-state index in [1.54, 1.807) is 29.2 Å². The molecule has 3 amide bonds. The number of aromatic nitrogens is 2. The van der Waals surface area contributed by atoms with Crippen LogP contribution in [0.5, 0.6) is 0 Å². The van der Waals surface area contributed by atoms with Crippen LogP contribution in [0.1, 0.15) is 46.3 Å². The Labute approximate surface area is 207 Å². The van der Waals surface area contributed by atoms with E-state index in [1.165, 1.54) is 4.68 Å². The van der Waals surface area contributed by atoms with Crippen molar-refractivity contribution in [3.63, 3.8) is 0 Å². The van der Waals surface area contributed by atoms with Crippen molar-refractivity contribution in [2.45, 2.75) is 32.2 Å². The van der Waals surface area contributed by atoms with Crippen molar-refractivity contribution in [2.24, 2.45) is 5.92 Å². The van der Waals surface area contributed by atoms with E-state index >= 15 is 0 Å². The van der Waals surface area contributed by atoms with Crippen LogP contribution in [-0.4, -0.2) is 46.6 Å². The molecule has 0 radical (unpaired) electrons. The lowest BCUT2D eigenvalue weighted by atomic mass is 10.0. The molecule has 178 valence electrons. The predicted octanol–water partition coefficient (Wildman–Crippen LogP) is 3.60. The molecule has 2 fully saturated rings. The molecule has 1 aliphatic carbocycles. The van der Waals surface area contributed by atoms with Gasteiger partial charge in [0.2, 0.25) is 5.91 Å². The van der Waals surface area contributed by atoms with E-state index in [-0.39, 0.29) is 29.5 Å². The fraction of sp³-hybridized carbons (Fsp3) is 0.308. The Morgan fingerprint density at radius 3 is 2.63 bits per heavy atom. The van der Waals surface area contributed by atoms with Gasteiger partial charge in [-0.15, -0.1) is 0 Å². The highest BCUT2D eigenvalue weighted by Crippen LogP contribution is 2.47. The summed E-state index contributed by atoms with van der Waals surface area (Å²) in [4.78, 5) is 42.7. The van der Waals surface area contributed by atoms with Crippen molar-refractivity contribution in [3.05, 3.63) is 70.5 Å². The van der Waals surface area contributed by atoms with Gasteiger partial charge in [-0.05, 0) is 62.1 Å². The van der Waals surface area contributed by atoms with E-state index in [1.807, 2.05) is 36.1 Å². The number of piperidine rings is 1. The molecule has 6 rings (SSSR count). The van der Waals surface area contributed by atoms with Crippen LogP contribution in [0, 0.1) is 5.92 Å². The molecule has 3 aliphatic rings. The summed E-state index contributed by atoms with van der Waals surface area (Å²) >= 11 is 6.22. The quantitative estimate of drug-likeness (QED) is 0.593. The van der Waals surface area contributed by atoms with Crippen LogP contribution in [0.15, 0.2) is 48.5 Å². The lowest BCUT2D eigenvalue weighted by Gasteiger charge is -2.29. The van der Waals surface area contributed by atoms with Gasteiger partial charge in [0, 0.05) is 47.5 Å². The van der Waals surface area contributed by atoms with E-state index < -0.39 is 0 Å². The Bertz CT molecular complexity index is 1380. The van der Waals surface area contributed by atoms with Gasteiger partial charge in [0.15, 0.2) is 5.69 Å². The van der Waals surface area contributed by atoms with Crippen molar-refractivity contribution in [3.8, 4) is 5.69 Å². The number of carbonyl (C=O) groups is 3. The van der Waals surface area contributed by atoms with Crippen LogP contribution >= 0.6 is 11.6 Å². The summed E-state index contributed by atoms with van der Waals surface area (Å²) in [5.74, 6) is 0.0501. The van der Waals surface area contributed by atoms with Gasteiger partial charge in [0.05, 0.1) is 5.69 Å². The zero-order valence-electron chi connectivity index (χ0n) is 19.2. The van der Waals surface area contributed by atoms with E-state index in [2.05, 4.69) is 10.4 Å². The third-order valence-electron chi connectivity index (χ3n) is 6.96. The highest BCUT2D eigenvalue weighted by molar-refractivity contribution is 6.30. The summed E-state index contributed by atoms with van der Waals surface area (Å²) in [6.07, 6.45) is 2.12. The maximum absolute atomic E-state index is 13.9. The Hall–Kier alpha value is -3.65. The van der Waals surface area contributed by atoms with Gasteiger partial charge in [-0.25, -0.2) is 4.68 Å². The number of nitrogens with zero attached hydrogens (tertiary/aromatic N) is 4. The topological polar surface area (TPSA) is 87.5 Å². The minimum atomic E-state index is -0.306.